The van der Waals surface area contributed by atoms with Gasteiger partial charge in [0.25, 0.3) is 0 Å². The number of aromatic amines is 1. The maximum absolute atomic E-state index is 11.0. The normalized spacial score (nSPS) is 10.7. The minimum absolute atomic E-state index is 0.341. The molecule has 0 radical (unpaired) electrons. The van der Waals surface area contributed by atoms with Crippen molar-refractivity contribution in [1.29, 1.82) is 0 Å². The number of carbonyl (C=O) groups is 1. The van der Waals surface area contributed by atoms with Crippen LogP contribution >= 0.6 is 0 Å². The molecule has 0 saturated heterocycles. The summed E-state index contributed by atoms with van der Waals surface area (Å²) in [5.41, 5.74) is 3.00. The first kappa shape index (κ1) is 8.81. The van der Waals surface area contributed by atoms with E-state index in [9.17, 15) is 4.79 Å². The van der Waals surface area contributed by atoms with Gasteiger partial charge in [-0.15, -0.1) is 0 Å². The van der Waals surface area contributed by atoms with Crippen LogP contribution in [0.1, 0.15) is 21.6 Å². The lowest BCUT2D eigenvalue weighted by atomic mass is 10.1. The van der Waals surface area contributed by atoms with Crippen molar-refractivity contribution >= 4 is 16.9 Å². The van der Waals surface area contributed by atoms with Crippen molar-refractivity contribution in [2.45, 2.75) is 13.8 Å². The Morgan fingerprint density at radius 3 is 2.64 bits per heavy atom. The summed E-state index contributed by atoms with van der Waals surface area (Å²) in [4.78, 5) is 14.0. The van der Waals surface area contributed by atoms with Crippen molar-refractivity contribution in [3.8, 4) is 0 Å². The molecule has 1 aromatic heterocycles. The van der Waals surface area contributed by atoms with E-state index in [1.165, 1.54) is 0 Å². The van der Waals surface area contributed by atoms with Crippen LogP contribution in [-0.2, 0) is 0 Å². The Morgan fingerprint density at radius 1 is 1.29 bits per heavy atom. The van der Waals surface area contributed by atoms with Gasteiger partial charge in [-0.25, -0.2) is 4.79 Å². The van der Waals surface area contributed by atoms with Gasteiger partial charge in [0.15, 0.2) is 0 Å². The van der Waals surface area contributed by atoms with Crippen molar-refractivity contribution in [3.63, 3.8) is 0 Å². The lowest BCUT2D eigenvalue weighted by Gasteiger charge is -1.99. The molecule has 0 saturated carbocycles. The topological polar surface area (TPSA) is 53.1 Å². The SMILES string of the molecule is Cc1cc(C(=O)O)c2[nH]c(C)cc2c1. The molecule has 0 spiro atoms. The van der Waals surface area contributed by atoms with Crippen LogP contribution in [0.25, 0.3) is 10.9 Å². The van der Waals surface area contributed by atoms with Crippen LogP contribution in [0.5, 0.6) is 0 Å². The molecule has 2 rings (SSSR count). The first-order valence-corrected chi connectivity index (χ1v) is 4.41. The summed E-state index contributed by atoms with van der Waals surface area (Å²) < 4.78 is 0. The van der Waals surface area contributed by atoms with Gasteiger partial charge in [-0.1, -0.05) is 0 Å². The molecule has 1 aromatic carbocycles. The second-order valence-corrected chi connectivity index (χ2v) is 3.53. The lowest BCUT2D eigenvalue weighted by Crippen LogP contribution is -1.98. The van der Waals surface area contributed by atoms with Crippen LogP contribution < -0.4 is 0 Å². The second-order valence-electron chi connectivity index (χ2n) is 3.53. The molecule has 0 bridgehead atoms. The Kier molecular flexibility index (Phi) is 1.81. The zero-order valence-electron chi connectivity index (χ0n) is 8.09. The van der Waals surface area contributed by atoms with E-state index in [-0.39, 0.29) is 0 Å². The van der Waals surface area contributed by atoms with Crippen molar-refractivity contribution in [2.75, 3.05) is 0 Å². The summed E-state index contributed by atoms with van der Waals surface area (Å²) in [6, 6.07) is 5.61. The molecule has 0 aliphatic rings. The maximum Gasteiger partial charge on any atom is 0.337 e. The predicted molar refractivity (Wildman–Crippen MR) is 54.7 cm³/mol. The number of aryl methyl sites for hydroxylation is 2. The molecule has 14 heavy (non-hydrogen) atoms. The van der Waals surface area contributed by atoms with Crippen LogP contribution in [-0.4, -0.2) is 16.1 Å². The third-order valence-corrected chi connectivity index (χ3v) is 2.24. The second kappa shape index (κ2) is 2.87. The standard InChI is InChI=1S/C11H11NO2/c1-6-3-8-5-7(2)12-10(8)9(4-6)11(13)14/h3-5,12H,1-2H3,(H,13,14). The number of rotatable bonds is 1. The number of carboxylic acids is 1. The molecule has 0 aliphatic heterocycles. The molecular weight excluding hydrogens is 178 g/mol. The van der Waals surface area contributed by atoms with Gasteiger partial charge >= 0.3 is 5.97 Å². The smallest absolute Gasteiger partial charge is 0.337 e. The summed E-state index contributed by atoms with van der Waals surface area (Å²) in [5, 5.41) is 9.95. The number of nitrogens with one attached hydrogen (secondary N) is 1. The highest BCUT2D eigenvalue weighted by Crippen LogP contribution is 2.21. The molecule has 0 fully saturated rings. The number of aromatic carboxylic acids is 1. The van der Waals surface area contributed by atoms with Gasteiger partial charge in [0.2, 0.25) is 0 Å². The third-order valence-electron chi connectivity index (χ3n) is 2.24. The Bertz CT molecular complexity index is 511. The van der Waals surface area contributed by atoms with Gasteiger partial charge in [-0.2, -0.15) is 0 Å². The van der Waals surface area contributed by atoms with Gasteiger partial charge < -0.3 is 10.1 Å². The Labute approximate surface area is 81.4 Å². The molecule has 2 N–H and O–H groups in total. The molecular formula is C11H11NO2. The zero-order chi connectivity index (χ0) is 10.3. The number of aromatic nitrogens is 1. The fourth-order valence-corrected chi connectivity index (χ4v) is 1.70. The molecule has 1 heterocycles. The van der Waals surface area contributed by atoms with Gasteiger partial charge in [0.05, 0.1) is 11.1 Å². The molecule has 3 nitrogen and oxygen atoms in total. The zero-order valence-corrected chi connectivity index (χ0v) is 8.09. The summed E-state index contributed by atoms with van der Waals surface area (Å²) >= 11 is 0. The quantitative estimate of drug-likeness (QED) is 0.724. The van der Waals surface area contributed by atoms with E-state index >= 15 is 0 Å². The minimum Gasteiger partial charge on any atom is -0.478 e. The van der Waals surface area contributed by atoms with E-state index in [1.54, 1.807) is 6.07 Å². The first-order valence-electron chi connectivity index (χ1n) is 4.41. The van der Waals surface area contributed by atoms with E-state index in [4.69, 9.17) is 5.11 Å². The van der Waals surface area contributed by atoms with Crippen molar-refractivity contribution in [2.24, 2.45) is 0 Å². The summed E-state index contributed by atoms with van der Waals surface area (Å²) in [6.45, 7) is 3.81. The minimum atomic E-state index is -0.888. The Balaban J connectivity index is 2.85. The number of benzene rings is 1. The first-order chi connectivity index (χ1) is 6.58. The van der Waals surface area contributed by atoms with Crippen molar-refractivity contribution < 1.29 is 9.90 Å². The summed E-state index contributed by atoms with van der Waals surface area (Å²) in [6.07, 6.45) is 0. The number of hydrogen-bond donors (Lipinski definition) is 2. The summed E-state index contributed by atoms with van der Waals surface area (Å²) in [5.74, 6) is -0.888. The Morgan fingerprint density at radius 2 is 2.00 bits per heavy atom. The highest BCUT2D eigenvalue weighted by atomic mass is 16.4. The molecule has 0 aliphatic carbocycles. The molecule has 0 amide bonds. The van der Waals surface area contributed by atoms with Gasteiger partial charge in [0, 0.05) is 11.1 Å². The average molecular weight is 189 g/mol. The van der Waals surface area contributed by atoms with E-state index < -0.39 is 5.97 Å². The average Bonchev–Trinajstić information content (AvgIpc) is 2.42. The molecule has 0 atom stereocenters. The predicted octanol–water partition coefficient (Wildman–Crippen LogP) is 2.48. The molecule has 2 aromatic rings. The number of carboxylic acid groups (broad SMARTS) is 1. The van der Waals surface area contributed by atoms with Crippen LogP contribution in [0.3, 0.4) is 0 Å². The van der Waals surface area contributed by atoms with Crippen molar-refractivity contribution in [3.05, 3.63) is 35.0 Å². The van der Waals surface area contributed by atoms with Gasteiger partial charge in [0.1, 0.15) is 0 Å². The summed E-state index contributed by atoms with van der Waals surface area (Å²) in [7, 11) is 0. The fourth-order valence-electron chi connectivity index (χ4n) is 1.70. The highest BCUT2D eigenvalue weighted by molar-refractivity contribution is 6.02. The van der Waals surface area contributed by atoms with Gasteiger partial charge in [-0.3, -0.25) is 0 Å². The van der Waals surface area contributed by atoms with E-state index in [1.807, 2.05) is 26.0 Å². The maximum atomic E-state index is 11.0. The number of H-pyrrole nitrogens is 1. The van der Waals surface area contributed by atoms with Crippen LogP contribution in [0, 0.1) is 13.8 Å². The number of fused-ring (bicyclic) bond motifs is 1. The molecule has 72 valence electrons. The lowest BCUT2D eigenvalue weighted by molar-refractivity contribution is 0.0699. The van der Waals surface area contributed by atoms with Crippen LogP contribution in [0.4, 0.5) is 0 Å². The largest absolute Gasteiger partial charge is 0.478 e. The van der Waals surface area contributed by atoms with Crippen LogP contribution in [0.2, 0.25) is 0 Å². The fraction of sp³-hybridized carbons (Fsp3) is 0.182. The Hall–Kier alpha value is -1.77. The highest BCUT2D eigenvalue weighted by Gasteiger charge is 2.10. The molecule has 3 heteroatoms. The molecule has 0 unspecified atom stereocenters. The van der Waals surface area contributed by atoms with E-state index in [2.05, 4.69) is 4.98 Å². The van der Waals surface area contributed by atoms with Crippen molar-refractivity contribution in [1.82, 2.24) is 4.98 Å². The van der Waals surface area contributed by atoms with E-state index in [0.29, 0.717) is 11.1 Å². The number of hydrogen-bond acceptors (Lipinski definition) is 1. The van der Waals surface area contributed by atoms with E-state index in [0.717, 1.165) is 16.6 Å². The van der Waals surface area contributed by atoms with Crippen LogP contribution in [0.15, 0.2) is 18.2 Å². The van der Waals surface area contributed by atoms with Gasteiger partial charge in [-0.05, 0) is 37.6 Å². The third kappa shape index (κ3) is 1.27. The monoisotopic (exact) mass is 189 g/mol.